The molecule has 0 saturated carbocycles. The van der Waals surface area contributed by atoms with Crippen LogP contribution in [-0.2, 0) is 21.8 Å². The number of sulfone groups is 1. The summed E-state index contributed by atoms with van der Waals surface area (Å²) < 4.78 is 60.8. The second-order valence-corrected chi connectivity index (χ2v) is 7.65. The van der Waals surface area contributed by atoms with Crippen LogP contribution in [0.4, 0.5) is 18.9 Å². The molecule has 1 aromatic carbocycles. The van der Waals surface area contributed by atoms with Crippen molar-refractivity contribution in [2.45, 2.75) is 18.9 Å². The molecule has 0 aliphatic rings. The van der Waals surface area contributed by atoms with Crippen molar-refractivity contribution in [3.05, 3.63) is 58.9 Å². The molecule has 9 heteroatoms. The Morgan fingerprint density at radius 2 is 1.80 bits per heavy atom. The van der Waals surface area contributed by atoms with E-state index in [2.05, 4.69) is 10.3 Å². The minimum absolute atomic E-state index is 0.0258. The first-order chi connectivity index (χ1) is 11.5. The fourth-order valence-electron chi connectivity index (χ4n) is 2.20. The van der Waals surface area contributed by atoms with Crippen molar-refractivity contribution < 1.29 is 26.4 Å². The van der Waals surface area contributed by atoms with Crippen molar-refractivity contribution >= 4 is 21.4 Å². The Kier molecular flexibility index (Phi) is 5.17. The number of carbonyl (C=O) groups is 1. The first-order valence-corrected chi connectivity index (χ1v) is 9.15. The third kappa shape index (κ3) is 5.02. The van der Waals surface area contributed by atoms with Gasteiger partial charge in [-0.25, -0.2) is 13.4 Å². The number of rotatable bonds is 4. The van der Waals surface area contributed by atoms with Crippen LogP contribution in [0.3, 0.4) is 0 Å². The van der Waals surface area contributed by atoms with Crippen molar-refractivity contribution in [3.8, 4) is 0 Å². The summed E-state index contributed by atoms with van der Waals surface area (Å²) in [4.78, 5) is 15.7. The molecule has 0 fully saturated rings. The summed E-state index contributed by atoms with van der Waals surface area (Å²) in [5, 5.41) is 2.52. The van der Waals surface area contributed by atoms with Gasteiger partial charge < -0.3 is 5.32 Å². The molecule has 25 heavy (non-hydrogen) atoms. The monoisotopic (exact) mass is 372 g/mol. The van der Waals surface area contributed by atoms with Crippen molar-refractivity contribution in [3.63, 3.8) is 0 Å². The second kappa shape index (κ2) is 6.83. The third-order valence-corrected chi connectivity index (χ3v) is 4.14. The van der Waals surface area contributed by atoms with Crippen molar-refractivity contribution in [2.24, 2.45) is 0 Å². The highest BCUT2D eigenvalue weighted by molar-refractivity contribution is 7.89. The Labute approximate surface area is 142 Å². The molecule has 2 aromatic rings. The topological polar surface area (TPSA) is 76.1 Å². The number of pyridine rings is 1. The van der Waals surface area contributed by atoms with Gasteiger partial charge in [0.15, 0.2) is 9.84 Å². The van der Waals surface area contributed by atoms with E-state index in [-0.39, 0.29) is 22.7 Å². The lowest BCUT2D eigenvalue weighted by Gasteiger charge is -2.13. The minimum Gasteiger partial charge on any atom is -0.322 e. The van der Waals surface area contributed by atoms with Gasteiger partial charge in [-0.2, -0.15) is 13.2 Å². The van der Waals surface area contributed by atoms with E-state index in [0.717, 1.165) is 18.4 Å². The van der Waals surface area contributed by atoms with Gasteiger partial charge in [0.25, 0.3) is 5.91 Å². The van der Waals surface area contributed by atoms with Gasteiger partial charge in [0.05, 0.1) is 17.0 Å². The second-order valence-electron chi connectivity index (χ2n) is 5.51. The van der Waals surface area contributed by atoms with Crippen LogP contribution in [0.2, 0.25) is 0 Å². The van der Waals surface area contributed by atoms with Crippen LogP contribution >= 0.6 is 0 Å². The number of alkyl halides is 3. The summed E-state index contributed by atoms with van der Waals surface area (Å²) in [6, 6.07) is 8.07. The molecule has 5 nitrogen and oxygen atoms in total. The van der Waals surface area contributed by atoms with Crippen molar-refractivity contribution in [1.29, 1.82) is 0 Å². The number of anilines is 1. The molecule has 2 rings (SSSR count). The smallest absolute Gasteiger partial charge is 0.322 e. The molecule has 0 atom stereocenters. The van der Waals surface area contributed by atoms with Gasteiger partial charge in [0.2, 0.25) is 0 Å². The van der Waals surface area contributed by atoms with Gasteiger partial charge in [-0.15, -0.1) is 0 Å². The SMILES string of the molecule is Cc1nc(C(F)(F)F)ccc1C(=O)Nc1ccccc1CS(C)(=O)=O. The van der Waals surface area contributed by atoms with E-state index < -0.39 is 27.6 Å². The molecule has 0 saturated heterocycles. The van der Waals surface area contributed by atoms with Crippen LogP contribution in [0.25, 0.3) is 0 Å². The normalized spacial score (nSPS) is 12.0. The Balaban J connectivity index is 2.29. The zero-order valence-electron chi connectivity index (χ0n) is 13.4. The van der Waals surface area contributed by atoms with Crippen LogP contribution in [0.5, 0.6) is 0 Å². The molecule has 1 aromatic heterocycles. The lowest BCUT2D eigenvalue weighted by atomic mass is 10.1. The maximum Gasteiger partial charge on any atom is 0.433 e. The molecular weight excluding hydrogens is 357 g/mol. The molecule has 0 aliphatic carbocycles. The molecule has 1 N–H and O–H groups in total. The summed E-state index contributed by atoms with van der Waals surface area (Å²) in [6.07, 6.45) is -3.53. The number of nitrogens with one attached hydrogen (secondary N) is 1. The summed E-state index contributed by atoms with van der Waals surface area (Å²) in [5.74, 6) is -0.937. The maximum atomic E-state index is 12.6. The molecule has 0 spiro atoms. The standard InChI is InChI=1S/C16H15F3N2O3S/c1-10-12(7-8-14(20-10)16(17,18)19)15(22)21-13-6-4-3-5-11(13)9-25(2,23)24/h3-8H,9H2,1-2H3,(H,21,22). The van der Waals surface area contributed by atoms with Gasteiger partial charge >= 0.3 is 6.18 Å². The lowest BCUT2D eigenvalue weighted by molar-refractivity contribution is -0.141. The lowest BCUT2D eigenvalue weighted by Crippen LogP contribution is -2.18. The molecule has 0 aliphatic heterocycles. The summed E-state index contributed by atoms with van der Waals surface area (Å²) in [5.41, 5.74) is -0.526. The number of aryl methyl sites for hydroxylation is 1. The van der Waals surface area contributed by atoms with Gasteiger partial charge in [-0.05, 0) is 30.7 Å². The van der Waals surface area contributed by atoms with Crippen LogP contribution in [0.1, 0.15) is 27.3 Å². The number of nitrogens with zero attached hydrogens (tertiary/aromatic N) is 1. The van der Waals surface area contributed by atoms with E-state index >= 15 is 0 Å². The largest absolute Gasteiger partial charge is 0.433 e. The quantitative estimate of drug-likeness (QED) is 0.894. The predicted octanol–water partition coefficient (Wildman–Crippen LogP) is 3.21. The van der Waals surface area contributed by atoms with Gasteiger partial charge in [0.1, 0.15) is 5.69 Å². The minimum atomic E-state index is -4.60. The maximum absolute atomic E-state index is 12.6. The third-order valence-electron chi connectivity index (χ3n) is 3.30. The van der Waals surface area contributed by atoms with Gasteiger partial charge in [0, 0.05) is 11.9 Å². The highest BCUT2D eigenvalue weighted by atomic mass is 32.2. The van der Waals surface area contributed by atoms with E-state index in [1.807, 2.05) is 0 Å². The van der Waals surface area contributed by atoms with Gasteiger partial charge in [-0.3, -0.25) is 4.79 Å². The Morgan fingerprint density at radius 3 is 2.36 bits per heavy atom. The van der Waals surface area contributed by atoms with E-state index in [9.17, 15) is 26.4 Å². The number of aromatic nitrogens is 1. The predicted molar refractivity (Wildman–Crippen MR) is 86.9 cm³/mol. The van der Waals surface area contributed by atoms with E-state index in [1.165, 1.54) is 13.0 Å². The summed E-state index contributed by atoms with van der Waals surface area (Å²) in [6.45, 7) is 1.30. The van der Waals surface area contributed by atoms with Crippen LogP contribution < -0.4 is 5.32 Å². The number of carbonyl (C=O) groups excluding carboxylic acids is 1. The molecule has 0 radical (unpaired) electrons. The number of para-hydroxylation sites is 1. The van der Waals surface area contributed by atoms with E-state index in [4.69, 9.17) is 0 Å². The molecule has 1 heterocycles. The van der Waals surface area contributed by atoms with Crippen molar-refractivity contribution in [1.82, 2.24) is 4.98 Å². The summed E-state index contributed by atoms with van der Waals surface area (Å²) in [7, 11) is -3.32. The summed E-state index contributed by atoms with van der Waals surface area (Å²) >= 11 is 0. The Morgan fingerprint density at radius 1 is 1.16 bits per heavy atom. The molecule has 1 amide bonds. The average molecular weight is 372 g/mol. The molecule has 0 bridgehead atoms. The number of benzene rings is 1. The zero-order valence-corrected chi connectivity index (χ0v) is 14.2. The van der Waals surface area contributed by atoms with Crippen LogP contribution in [0.15, 0.2) is 36.4 Å². The van der Waals surface area contributed by atoms with Crippen LogP contribution in [-0.4, -0.2) is 25.6 Å². The highest BCUT2D eigenvalue weighted by Crippen LogP contribution is 2.28. The molecule has 0 unspecified atom stereocenters. The highest BCUT2D eigenvalue weighted by Gasteiger charge is 2.33. The molecular formula is C16H15F3N2O3S. The zero-order chi connectivity index (χ0) is 18.8. The fourth-order valence-corrected chi connectivity index (χ4v) is 3.02. The van der Waals surface area contributed by atoms with Gasteiger partial charge in [-0.1, -0.05) is 18.2 Å². The van der Waals surface area contributed by atoms with Crippen LogP contribution in [0, 0.1) is 6.92 Å². The first-order valence-electron chi connectivity index (χ1n) is 7.09. The fraction of sp³-hybridized carbons (Fsp3) is 0.250. The number of halogens is 3. The first kappa shape index (κ1) is 18.9. The Hall–Kier alpha value is -2.42. The number of amides is 1. The number of hydrogen-bond acceptors (Lipinski definition) is 4. The Bertz CT molecular complexity index is 909. The van der Waals surface area contributed by atoms with Crippen molar-refractivity contribution in [2.75, 3.05) is 11.6 Å². The average Bonchev–Trinajstić information content (AvgIpc) is 2.46. The van der Waals surface area contributed by atoms with E-state index in [0.29, 0.717) is 5.56 Å². The molecule has 134 valence electrons. The number of hydrogen-bond donors (Lipinski definition) is 1. The van der Waals surface area contributed by atoms with E-state index in [1.54, 1.807) is 18.2 Å².